The highest BCUT2D eigenvalue weighted by Crippen LogP contribution is 2.44. The molecule has 2 aliphatic heterocycles. The molecule has 2 aliphatic rings. The minimum atomic E-state index is -0.880. The molecule has 2 atom stereocenters. The Morgan fingerprint density at radius 1 is 1.21 bits per heavy atom. The fraction of sp³-hybridized carbons (Fsp3) is 0.182. The second-order valence-electron chi connectivity index (χ2n) is 6.87. The summed E-state index contributed by atoms with van der Waals surface area (Å²) in [7, 11) is 1.59. The standard InChI is InChI=1S/C22H17ClN2O4/c1-27-15-7-4-13(5-8-15)21(26)22-25-18(12-17(24-25)20-3-2-10-28-20)16-11-14(23)6-9-19(16)29-22/h2-11,18,22H,12H2,1H3/t18-,22-/m0/s1. The van der Waals surface area contributed by atoms with E-state index in [4.69, 9.17) is 25.5 Å². The van der Waals surface area contributed by atoms with Gasteiger partial charge in [-0.15, -0.1) is 0 Å². The SMILES string of the molecule is COc1ccc(C(=O)[C@@H]2Oc3ccc(Cl)cc3[C@@H]3CC(c4ccco4)=NN23)cc1. The third-order valence-electron chi connectivity index (χ3n) is 5.16. The van der Waals surface area contributed by atoms with Gasteiger partial charge in [-0.25, -0.2) is 5.01 Å². The molecule has 0 fully saturated rings. The van der Waals surface area contributed by atoms with Gasteiger partial charge in [0.2, 0.25) is 5.78 Å². The summed E-state index contributed by atoms with van der Waals surface area (Å²) in [6.07, 6.45) is 1.32. The summed E-state index contributed by atoms with van der Waals surface area (Å²) in [6, 6.07) is 15.9. The van der Waals surface area contributed by atoms with Gasteiger partial charge in [0.25, 0.3) is 6.23 Å². The molecule has 146 valence electrons. The molecule has 0 unspecified atom stereocenters. The monoisotopic (exact) mass is 408 g/mol. The molecule has 0 spiro atoms. The Balaban J connectivity index is 1.55. The number of carbonyl (C=O) groups is 1. The van der Waals surface area contributed by atoms with E-state index in [9.17, 15) is 4.79 Å². The number of fused-ring (bicyclic) bond motifs is 3. The molecule has 0 amide bonds. The lowest BCUT2D eigenvalue weighted by Gasteiger charge is -2.37. The van der Waals surface area contributed by atoms with Gasteiger partial charge in [-0.2, -0.15) is 5.10 Å². The Morgan fingerprint density at radius 3 is 2.76 bits per heavy atom. The quantitative estimate of drug-likeness (QED) is 0.586. The van der Waals surface area contributed by atoms with Crippen LogP contribution < -0.4 is 9.47 Å². The number of ether oxygens (including phenoxy) is 2. The van der Waals surface area contributed by atoms with Crippen molar-refractivity contribution in [3.8, 4) is 11.5 Å². The Labute approximate surface area is 172 Å². The van der Waals surface area contributed by atoms with E-state index in [2.05, 4.69) is 5.10 Å². The van der Waals surface area contributed by atoms with Gasteiger partial charge < -0.3 is 13.9 Å². The summed E-state index contributed by atoms with van der Waals surface area (Å²) in [4.78, 5) is 13.3. The molecule has 2 aromatic carbocycles. The molecule has 5 rings (SSSR count). The Bertz CT molecular complexity index is 1090. The topological polar surface area (TPSA) is 64.3 Å². The number of nitrogens with zero attached hydrogens (tertiary/aromatic N) is 2. The number of hydrazone groups is 1. The Hall–Kier alpha value is -3.25. The van der Waals surface area contributed by atoms with Gasteiger partial charge in [0.1, 0.15) is 23.0 Å². The molecule has 0 saturated carbocycles. The molecule has 0 bridgehead atoms. The maximum atomic E-state index is 13.3. The Kier molecular flexibility index (Phi) is 4.28. The van der Waals surface area contributed by atoms with Crippen LogP contribution in [0.25, 0.3) is 0 Å². The van der Waals surface area contributed by atoms with Gasteiger partial charge in [0.05, 0.1) is 19.4 Å². The van der Waals surface area contributed by atoms with Crippen molar-refractivity contribution in [3.63, 3.8) is 0 Å². The largest absolute Gasteiger partial charge is 0.497 e. The second kappa shape index (κ2) is 6.97. The minimum absolute atomic E-state index is 0.162. The van der Waals surface area contributed by atoms with E-state index < -0.39 is 6.23 Å². The fourth-order valence-corrected chi connectivity index (χ4v) is 3.90. The van der Waals surface area contributed by atoms with Gasteiger partial charge in [-0.1, -0.05) is 11.6 Å². The fourth-order valence-electron chi connectivity index (χ4n) is 3.72. The number of halogens is 1. The average molecular weight is 409 g/mol. The summed E-state index contributed by atoms with van der Waals surface area (Å²) in [5.41, 5.74) is 2.19. The first-order valence-corrected chi connectivity index (χ1v) is 9.56. The van der Waals surface area contributed by atoms with Gasteiger partial charge in [0.15, 0.2) is 0 Å². The van der Waals surface area contributed by atoms with Crippen molar-refractivity contribution < 1.29 is 18.7 Å². The molecule has 0 N–H and O–H groups in total. The van der Waals surface area contributed by atoms with E-state index in [0.29, 0.717) is 34.3 Å². The van der Waals surface area contributed by atoms with Crippen molar-refractivity contribution in [2.75, 3.05) is 7.11 Å². The third kappa shape index (κ3) is 3.06. The van der Waals surface area contributed by atoms with Crippen LogP contribution in [0.3, 0.4) is 0 Å². The van der Waals surface area contributed by atoms with E-state index in [1.807, 2.05) is 18.2 Å². The van der Waals surface area contributed by atoms with Crippen LogP contribution in [0.4, 0.5) is 0 Å². The predicted molar refractivity (Wildman–Crippen MR) is 108 cm³/mol. The molecule has 3 heterocycles. The molecule has 29 heavy (non-hydrogen) atoms. The lowest BCUT2D eigenvalue weighted by atomic mass is 9.97. The number of Topliss-reactive ketones (excluding diaryl/α,β-unsaturated/α-hetero) is 1. The number of methoxy groups -OCH3 is 1. The van der Waals surface area contributed by atoms with E-state index in [1.165, 1.54) is 0 Å². The van der Waals surface area contributed by atoms with E-state index in [0.717, 1.165) is 11.3 Å². The lowest BCUT2D eigenvalue weighted by molar-refractivity contribution is -0.00455. The maximum Gasteiger partial charge on any atom is 0.251 e. The zero-order valence-electron chi connectivity index (χ0n) is 15.5. The molecular formula is C22H17ClN2O4. The van der Waals surface area contributed by atoms with Gasteiger partial charge >= 0.3 is 0 Å². The molecule has 0 radical (unpaired) electrons. The molecule has 7 heteroatoms. The Morgan fingerprint density at radius 2 is 2.03 bits per heavy atom. The van der Waals surface area contributed by atoms with Gasteiger partial charge in [-0.05, 0) is 54.6 Å². The zero-order chi connectivity index (χ0) is 20.0. The van der Waals surface area contributed by atoms with Crippen LogP contribution in [-0.2, 0) is 0 Å². The van der Waals surface area contributed by atoms with Crippen LogP contribution in [0.2, 0.25) is 5.02 Å². The molecule has 1 aromatic heterocycles. The molecule has 6 nitrogen and oxygen atoms in total. The third-order valence-corrected chi connectivity index (χ3v) is 5.39. The predicted octanol–water partition coefficient (Wildman–Crippen LogP) is 4.69. The number of benzene rings is 2. The normalized spacial score (nSPS) is 19.8. The summed E-state index contributed by atoms with van der Waals surface area (Å²) >= 11 is 6.22. The molecule has 0 saturated heterocycles. The molecule has 0 aliphatic carbocycles. The number of rotatable bonds is 4. The summed E-state index contributed by atoms with van der Waals surface area (Å²) < 4.78 is 16.8. The van der Waals surface area contributed by atoms with Crippen LogP contribution in [0.15, 0.2) is 70.4 Å². The second-order valence-corrected chi connectivity index (χ2v) is 7.31. The lowest BCUT2D eigenvalue weighted by Crippen LogP contribution is -2.45. The van der Waals surface area contributed by atoms with Crippen molar-refractivity contribution in [2.24, 2.45) is 5.10 Å². The number of carbonyl (C=O) groups excluding carboxylic acids is 1. The highest BCUT2D eigenvalue weighted by molar-refractivity contribution is 6.30. The number of hydrogen-bond donors (Lipinski definition) is 0. The number of furan rings is 1. The first kappa shape index (κ1) is 17.8. The highest BCUT2D eigenvalue weighted by atomic mass is 35.5. The number of ketones is 1. The van der Waals surface area contributed by atoms with E-state index in [1.54, 1.807) is 54.8 Å². The first-order valence-electron chi connectivity index (χ1n) is 9.18. The summed E-state index contributed by atoms with van der Waals surface area (Å²) in [5, 5.41) is 7.01. The van der Waals surface area contributed by atoms with E-state index in [-0.39, 0.29) is 11.8 Å². The van der Waals surface area contributed by atoms with Crippen molar-refractivity contribution in [1.82, 2.24) is 5.01 Å². The van der Waals surface area contributed by atoms with Crippen LogP contribution in [0, 0.1) is 0 Å². The smallest absolute Gasteiger partial charge is 0.251 e. The van der Waals surface area contributed by atoms with Gasteiger partial charge in [-0.3, -0.25) is 4.79 Å². The van der Waals surface area contributed by atoms with E-state index >= 15 is 0 Å². The highest BCUT2D eigenvalue weighted by Gasteiger charge is 2.44. The maximum absolute atomic E-state index is 13.3. The minimum Gasteiger partial charge on any atom is -0.497 e. The van der Waals surface area contributed by atoms with Crippen LogP contribution in [0.1, 0.15) is 34.1 Å². The van der Waals surface area contributed by atoms with Crippen molar-refractivity contribution >= 4 is 23.1 Å². The average Bonchev–Trinajstić information content (AvgIpc) is 3.43. The van der Waals surface area contributed by atoms with Crippen molar-refractivity contribution in [3.05, 3.63) is 82.8 Å². The van der Waals surface area contributed by atoms with Crippen LogP contribution in [0.5, 0.6) is 11.5 Å². The van der Waals surface area contributed by atoms with Gasteiger partial charge in [0, 0.05) is 22.6 Å². The van der Waals surface area contributed by atoms with Crippen molar-refractivity contribution in [1.29, 1.82) is 0 Å². The zero-order valence-corrected chi connectivity index (χ0v) is 16.3. The van der Waals surface area contributed by atoms with Crippen LogP contribution >= 0.6 is 11.6 Å². The number of hydrogen-bond acceptors (Lipinski definition) is 6. The summed E-state index contributed by atoms with van der Waals surface area (Å²) in [6.45, 7) is 0. The molecular weight excluding hydrogens is 392 g/mol. The van der Waals surface area contributed by atoms with Crippen molar-refractivity contribution in [2.45, 2.75) is 18.7 Å². The molecule has 3 aromatic rings. The van der Waals surface area contributed by atoms with Crippen LogP contribution in [-0.4, -0.2) is 29.8 Å². The first-order chi connectivity index (χ1) is 14.1. The summed E-state index contributed by atoms with van der Waals surface area (Å²) in [5.74, 6) is 1.82.